The molecule has 0 saturated heterocycles. The van der Waals surface area contributed by atoms with Crippen molar-refractivity contribution in [2.24, 2.45) is 0 Å². The normalized spacial score (nSPS) is 23.3. The van der Waals surface area contributed by atoms with E-state index in [-0.39, 0.29) is 11.9 Å². The number of carbonyl (C=O) groups excluding carboxylic acids is 1. The van der Waals surface area contributed by atoms with Gasteiger partial charge in [-0.2, -0.15) is 0 Å². The van der Waals surface area contributed by atoms with Crippen molar-refractivity contribution in [2.75, 3.05) is 20.3 Å². The standard InChI is InChI=1S/C12H18N4O2/c1-8-12(17)15(5-6-18-2)7-10-13-14-11(16(8)10)9-3-4-9/h8-9H,3-7H2,1-2H3/t8-/m0/s1. The van der Waals surface area contributed by atoms with Crippen LogP contribution in [-0.2, 0) is 16.1 Å². The van der Waals surface area contributed by atoms with Gasteiger partial charge in [-0.3, -0.25) is 4.79 Å². The third-order valence-electron chi connectivity index (χ3n) is 3.69. The summed E-state index contributed by atoms with van der Waals surface area (Å²) >= 11 is 0. The van der Waals surface area contributed by atoms with Crippen LogP contribution in [0, 0.1) is 0 Å². The second-order valence-electron chi connectivity index (χ2n) is 5.05. The molecule has 0 aromatic carbocycles. The molecule has 0 bridgehead atoms. The minimum absolute atomic E-state index is 0.140. The fraction of sp³-hybridized carbons (Fsp3) is 0.750. The summed E-state index contributed by atoms with van der Waals surface area (Å²) in [6.07, 6.45) is 2.35. The lowest BCUT2D eigenvalue weighted by Gasteiger charge is -2.31. The lowest BCUT2D eigenvalue weighted by Crippen LogP contribution is -2.43. The number of carbonyl (C=O) groups is 1. The first-order chi connectivity index (χ1) is 8.72. The molecule has 1 saturated carbocycles. The van der Waals surface area contributed by atoms with Gasteiger partial charge < -0.3 is 14.2 Å². The third kappa shape index (κ3) is 1.80. The molecule has 1 fully saturated rings. The lowest BCUT2D eigenvalue weighted by molar-refractivity contribution is -0.137. The van der Waals surface area contributed by atoms with E-state index in [0.29, 0.717) is 25.6 Å². The second-order valence-corrected chi connectivity index (χ2v) is 5.05. The summed E-state index contributed by atoms with van der Waals surface area (Å²) in [6.45, 7) is 3.65. The topological polar surface area (TPSA) is 60.2 Å². The zero-order valence-electron chi connectivity index (χ0n) is 10.8. The van der Waals surface area contributed by atoms with E-state index < -0.39 is 0 Å². The van der Waals surface area contributed by atoms with Crippen LogP contribution in [0.4, 0.5) is 0 Å². The van der Waals surface area contributed by atoms with Crippen molar-refractivity contribution in [3.05, 3.63) is 11.6 Å². The van der Waals surface area contributed by atoms with Crippen molar-refractivity contribution in [2.45, 2.75) is 38.3 Å². The molecule has 1 aromatic heterocycles. The van der Waals surface area contributed by atoms with Crippen molar-refractivity contribution in [1.29, 1.82) is 0 Å². The number of hydrogen-bond acceptors (Lipinski definition) is 4. The summed E-state index contributed by atoms with van der Waals surface area (Å²) in [5.74, 6) is 2.56. The van der Waals surface area contributed by atoms with Gasteiger partial charge in [-0.05, 0) is 19.8 Å². The van der Waals surface area contributed by atoms with Gasteiger partial charge in [-0.15, -0.1) is 10.2 Å². The number of amides is 1. The SMILES string of the molecule is COCCN1Cc2nnc(C3CC3)n2[C@@H](C)C1=O. The first-order valence-corrected chi connectivity index (χ1v) is 6.43. The zero-order valence-corrected chi connectivity index (χ0v) is 10.8. The van der Waals surface area contributed by atoms with Gasteiger partial charge in [-0.1, -0.05) is 0 Å². The van der Waals surface area contributed by atoms with Crippen LogP contribution >= 0.6 is 0 Å². The van der Waals surface area contributed by atoms with E-state index in [9.17, 15) is 4.79 Å². The van der Waals surface area contributed by atoms with Crippen LogP contribution in [-0.4, -0.2) is 45.8 Å². The maximum absolute atomic E-state index is 12.3. The van der Waals surface area contributed by atoms with Gasteiger partial charge in [0.15, 0.2) is 5.82 Å². The number of ether oxygens (including phenoxy) is 1. The van der Waals surface area contributed by atoms with E-state index in [4.69, 9.17) is 4.74 Å². The van der Waals surface area contributed by atoms with Gasteiger partial charge >= 0.3 is 0 Å². The number of rotatable bonds is 4. The van der Waals surface area contributed by atoms with E-state index in [2.05, 4.69) is 10.2 Å². The fourth-order valence-electron chi connectivity index (χ4n) is 2.50. The first kappa shape index (κ1) is 11.6. The Labute approximate surface area is 106 Å². The number of aromatic nitrogens is 3. The van der Waals surface area contributed by atoms with Gasteiger partial charge in [0.25, 0.3) is 0 Å². The average molecular weight is 250 g/mol. The Morgan fingerprint density at radius 2 is 2.17 bits per heavy atom. The highest BCUT2D eigenvalue weighted by atomic mass is 16.5. The molecule has 0 unspecified atom stereocenters. The first-order valence-electron chi connectivity index (χ1n) is 6.43. The predicted octanol–water partition coefficient (Wildman–Crippen LogP) is 0.705. The Balaban J connectivity index is 1.86. The molecule has 1 aromatic rings. The molecule has 0 spiro atoms. The quantitative estimate of drug-likeness (QED) is 0.789. The highest BCUT2D eigenvalue weighted by Gasteiger charge is 2.37. The van der Waals surface area contributed by atoms with E-state index in [1.165, 1.54) is 12.8 Å². The molecule has 18 heavy (non-hydrogen) atoms. The molecular weight excluding hydrogens is 232 g/mol. The molecule has 2 heterocycles. The molecule has 1 amide bonds. The Bertz CT molecular complexity index is 467. The number of methoxy groups -OCH3 is 1. The highest BCUT2D eigenvalue weighted by Crippen LogP contribution is 2.41. The van der Waals surface area contributed by atoms with Crippen LogP contribution in [0.5, 0.6) is 0 Å². The van der Waals surface area contributed by atoms with Crippen LogP contribution in [0.15, 0.2) is 0 Å². The van der Waals surface area contributed by atoms with Crippen LogP contribution in [0.1, 0.15) is 43.4 Å². The molecular formula is C12H18N4O2. The molecule has 0 radical (unpaired) electrons. The Morgan fingerprint density at radius 3 is 2.83 bits per heavy atom. The van der Waals surface area contributed by atoms with E-state index in [1.54, 1.807) is 12.0 Å². The largest absolute Gasteiger partial charge is 0.383 e. The number of nitrogens with zero attached hydrogens (tertiary/aromatic N) is 4. The van der Waals surface area contributed by atoms with Gasteiger partial charge in [0.2, 0.25) is 5.91 Å². The summed E-state index contributed by atoms with van der Waals surface area (Å²) in [5.41, 5.74) is 0. The molecule has 1 aliphatic carbocycles. The molecule has 6 nitrogen and oxygen atoms in total. The van der Waals surface area contributed by atoms with Gasteiger partial charge in [0, 0.05) is 19.6 Å². The maximum Gasteiger partial charge on any atom is 0.245 e. The van der Waals surface area contributed by atoms with Crippen molar-refractivity contribution < 1.29 is 9.53 Å². The van der Waals surface area contributed by atoms with Crippen LogP contribution in [0.25, 0.3) is 0 Å². The number of hydrogen-bond donors (Lipinski definition) is 0. The lowest BCUT2D eigenvalue weighted by atomic mass is 10.2. The van der Waals surface area contributed by atoms with E-state index in [0.717, 1.165) is 11.6 Å². The molecule has 3 rings (SSSR count). The van der Waals surface area contributed by atoms with Gasteiger partial charge in [0.1, 0.15) is 11.9 Å². The van der Waals surface area contributed by atoms with Crippen LogP contribution in [0.2, 0.25) is 0 Å². The van der Waals surface area contributed by atoms with E-state index >= 15 is 0 Å². The predicted molar refractivity (Wildman–Crippen MR) is 64.0 cm³/mol. The fourth-order valence-corrected chi connectivity index (χ4v) is 2.50. The Hall–Kier alpha value is -1.43. The Kier molecular flexibility index (Phi) is 2.81. The van der Waals surface area contributed by atoms with Crippen LogP contribution in [0.3, 0.4) is 0 Å². The minimum Gasteiger partial charge on any atom is -0.383 e. The molecule has 6 heteroatoms. The Morgan fingerprint density at radius 1 is 1.39 bits per heavy atom. The molecule has 2 aliphatic rings. The maximum atomic E-state index is 12.3. The zero-order chi connectivity index (χ0) is 12.7. The molecule has 0 N–H and O–H groups in total. The highest BCUT2D eigenvalue weighted by molar-refractivity contribution is 5.81. The van der Waals surface area contributed by atoms with Crippen molar-refractivity contribution in [3.8, 4) is 0 Å². The van der Waals surface area contributed by atoms with Gasteiger partial charge in [0.05, 0.1) is 13.2 Å². The van der Waals surface area contributed by atoms with Crippen LogP contribution < -0.4 is 0 Å². The van der Waals surface area contributed by atoms with Crippen molar-refractivity contribution >= 4 is 5.91 Å². The monoisotopic (exact) mass is 250 g/mol. The minimum atomic E-state index is -0.184. The van der Waals surface area contributed by atoms with Crippen molar-refractivity contribution in [3.63, 3.8) is 0 Å². The van der Waals surface area contributed by atoms with E-state index in [1.807, 2.05) is 11.5 Å². The summed E-state index contributed by atoms with van der Waals surface area (Å²) in [5, 5.41) is 8.50. The summed E-state index contributed by atoms with van der Waals surface area (Å²) in [6, 6.07) is -0.184. The molecule has 1 atom stereocenters. The number of fused-ring (bicyclic) bond motifs is 1. The summed E-state index contributed by atoms with van der Waals surface area (Å²) in [7, 11) is 1.64. The summed E-state index contributed by atoms with van der Waals surface area (Å²) in [4.78, 5) is 14.1. The molecule has 98 valence electrons. The summed E-state index contributed by atoms with van der Waals surface area (Å²) < 4.78 is 7.06. The van der Waals surface area contributed by atoms with Crippen molar-refractivity contribution in [1.82, 2.24) is 19.7 Å². The molecule has 1 aliphatic heterocycles. The average Bonchev–Trinajstić information content (AvgIpc) is 3.13. The second kappa shape index (κ2) is 4.35. The third-order valence-corrected chi connectivity index (χ3v) is 3.69. The van der Waals surface area contributed by atoms with Gasteiger partial charge in [-0.25, -0.2) is 0 Å². The smallest absolute Gasteiger partial charge is 0.245 e.